The molecule has 0 aromatic heterocycles. The Morgan fingerprint density at radius 1 is 1.07 bits per heavy atom. The van der Waals surface area contributed by atoms with Gasteiger partial charge in [-0.3, -0.25) is 4.79 Å². The van der Waals surface area contributed by atoms with E-state index in [0.717, 1.165) is 37.9 Å². The van der Waals surface area contributed by atoms with E-state index in [-0.39, 0.29) is 11.9 Å². The molecule has 0 N–H and O–H groups in total. The molecule has 1 aromatic carbocycles. The van der Waals surface area contributed by atoms with Crippen LogP contribution in [0.1, 0.15) is 76.7 Å². The third-order valence-electron chi connectivity index (χ3n) is 6.61. The van der Waals surface area contributed by atoms with Crippen molar-refractivity contribution in [3.63, 3.8) is 0 Å². The molecule has 1 heterocycles. The molecule has 1 aliphatic carbocycles. The second-order valence-corrected chi connectivity index (χ2v) is 8.54. The molecule has 0 bridgehead atoms. The number of esters is 1. The first kappa shape index (κ1) is 20.9. The normalized spacial score (nSPS) is 23.9. The van der Waals surface area contributed by atoms with Crippen LogP contribution < -0.4 is 4.74 Å². The highest BCUT2D eigenvalue weighted by molar-refractivity contribution is 5.75. The summed E-state index contributed by atoms with van der Waals surface area (Å²) in [5.41, 5.74) is 0.577. The molecular weight excluding hydrogens is 348 g/mol. The van der Waals surface area contributed by atoms with E-state index in [1.807, 2.05) is 0 Å². The smallest absolute Gasteiger partial charge is 0.314 e. The second-order valence-electron chi connectivity index (χ2n) is 8.54. The number of carbonyl (C=O) groups is 1. The van der Waals surface area contributed by atoms with Gasteiger partial charge < -0.3 is 9.64 Å². The van der Waals surface area contributed by atoms with E-state index in [9.17, 15) is 4.79 Å². The molecule has 4 heteroatoms. The van der Waals surface area contributed by atoms with Crippen LogP contribution in [-0.4, -0.2) is 30.0 Å². The molecule has 1 saturated heterocycles. The van der Waals surface area contributed by atoms with Crippen LogP contribution >= 0.6 is 0 Å². The number of hydrogen-bond acceptors (Lipinski definition) is 4. The largest absolute Gasteiger partial charge is 0.426 e. The van der Waals surface area contributed by atoms with Gasteiger partial charge in [-0.1, -0.05) is 32.6 Å². The molecule has 28 heavy (non-hydrogen) atoms. The monoisotopic (exact) mass is 382 g/mol. The van der Waals surface area contributed by atoms with Gasteiger partial charge in [-0.15, -0.1) is 0 Å². The molecule has 1 aromatic rings. The quantitative estimate of drug-likeness (QED) is 0.364. The van der Waals surface area contributed by atoms with Crippen LogP contribution in [0.3, 0.4) is 0 Å². The van der Waals surface area contributed by atoms with Crippen molar-refractivity contribution in [3.05, 3.63) is 29.8 Å². The zero-order valence-corrected chi connectivity index (χ0v) is 17.2. The Hall–Kier alpha value is -1.86. The first-order chi connectivity index (χ1) is 13.7. The summed E-state index contributed by atoms with van der Waals surface area (Å²) >= 11 is 0. The maximum Gasteiger partial charge on any atom is 0.314 e. The zero-order valence-electron chi connectivity index (χ0n) is 17.2. The van der Waals surface area contributed by atoms with E-state index in [4.69, 9.17) is 10.00 Å². The van der Waals surface area contributed by atoms with Crippen molar-refractivity contribution in [2.24, 2.45) is 11.8 Å². The van der Waals surface area contributed by atoms with Crippen LogP contribution in [0.5, 0.6) is 5.75 Å². The molecule has 1 saturated carbocycles. The summed E-state index contributed by atoms with van der Waals surface area (Å²) in [7, 11) is 0. The lowest BCUT2D eigenvalue weighted by Crippen LogP contribution is -2.44. The summed E-state index contributed by atoms with van der Waals surface area (Å²) in [5, 5.41) is 8.85. The number of carbonyl (C=O) groups excluding carboxylic acids is 1. The average Bonchev–Trinajstić information content (AvgIpc) is 2.75. The lowest BCUT2D eigenvalue weighted by Gasteiger charge is -2.40. The fourth-order valence-corrected chi connectivity index (χ4v) is 4.78. The van der Waals surface area contributed by atoms with Crippen molar-refractivity contribution in [2.45, 2.75) is 77.2 Å². The zero-order chi connectivity index (χ0) is 19.8. The van der Waals surface area contributed by atoms with Crippen LogP contribution in [0.2, 0.25) is 0 Å². The number of hydrogen-bond donors (Lipinski definition) is 0. The number of ether oxygens (including phenoxy) is 1. The Morgan fingerprint density at radius 3 is 2.36 bits per heavy atom. The minimum absolute atomic E-state index is 0.00252. The minimum Gasteiger partial charge on any atom is -0.426 e. The third kappa shape index (κ3) is 5.82. The Balaban J connectivity index is 1.38. The van der Waals surface area contributed by atoms with Crippen molar-refractivity contribution in [1.29, 1.82) is 5.26 Å². The van der Waals surface area contributed by atoms with Crippen LogP contribution in [0.4, 0.5) is 0 Å². The fraction of sp³-hybridized carbons (Fsp3) is 0.667. The van der Waals surface area contributed by atoms with Crippen LogP contribution in [0.15, 0.2) is 24.3 Å². The van der Waals surface area contributed by atoms with Gasteiger partial charge in [0.05, 0.1) is 17.6 Å². The van der Waals surface area contributed by atoms with Gasteiger partial charge in [0.1, 0.15) is 5.75 Å². The predicted molar refractivity (Wildman–Crippen MR) is 111 cm³/mol. The Bertz CT molecular complexity index is 648. The highest BCUT2D eigenvalue weighted by Crippen LogP contribution is 2.33. The van der Waals surface area contributed by atoms with Gasteiger partial charge >= 0.3 is 5.97 Å². The van der Waals surface area contributed by atoms with E-state index in [1.165, 1.54) is 51.4 Å². The molecule has 0 radical (unpaired) electrons. The highest BCUT2D eigenvalue weighted by Gasteiger charge is 2.31. The molecule has 0 amide bonds. The number of rotatable bonds is 7. The van der Waals surface area contributed by atoms with Crippen molar-refractivity contribution >= 4 is 5.97 Å². The van der Waals surface area contributed by atoms with Gasteiger partial charge in [-0.2, -0.15) is 5.26 Å². The van der Waals surface area contributed by atoms with Crippen molar-refractivity contribution in [1.82, 2.24) is 4.90 Å². The van der Waals surface area contributed by atoms with Crippen molar-refractivity contribution < 1.29 is 9.53 Å². The average molecular weight is 383 g/mol. The second kappa shape index (κ2) is 10.6. The maximum absolute atomic E-state index is 12.5. The molecular formula is C24H34N2O2. The number of piperidine rings is 1. The molecule has 2 fully saturated rings. The number of unbranched alkanes of at least 4 members (excludes halogenated alkanes) is 2. The molecule has 1 aliphatic heterocycles. The van der Waals surface area contributed by atoms with Crippen LogP contribution in [0.25, 0.3) is 0 Å². The molecule has 152 valence electrons. The van der Waals surface area contributed by atoms with Crippen LogP contribution in [0, 0.1) is 23.2 Å². The molecule has 2 aliphatic rings. The van der Waals surface area contributed by atoms with E-state index in [0.29, 0.717) is 11.3 Å². The number of benzene rings is 1. The van der Waals surface area contributed by atoms with E-state index in [2.05, 4.69) is 17.9 Å². The van der Waals surface area contributed by atoms with Crippen LogP contribution in [-0.2, 0) is 4.79 Å². The van der Waals surface area contributed by atoms with E-state index in [1.54, 1.807) is 24.3 Å². The predicted octanol–water partition coefficient (Wildman–Crippen LogP) is 5.31. The minimum atomic E-state index is -0.121. The number of likely N-dealkylation sites (tertiary alicyclic amines) is 1. The van der Waals surface area contributed by atoms with Crippen molar-refractivity contribution in [3.8, 4) is 11.8 Å². The summed E-state index contributed by atoms with van der Waals surface area (Å²) < 4.78 is 5.53. The van der Waals surface area contributed by atoms with Crippen molar-refractivity contribution in [2.75, 3.05) is 13.1 Å². The summed E-state index contributed by atoms with van der Waals surface area (Å²) in [4.78, 5) is 15.1. The van der Waals surface area contributed by atoms with Gasteiger partial charge in [-0.05, 0) is 81.8 Å². The lowest BCUT2D eigenvalue weighted by atomic mass is 9.81. The highest BCUT2D eigenvalue weighted by atomic mass is 16.5. The molecule has 0 unspecified atom stereocenters. The molecule has 0 atom stereocenters. The summed E-state index contributed by atoms with van der Waals surface area (Å²) in [6.07, 6.45) is 12.7. The summed E-state index contributed by atoms with van der Waals surface area (Å²) in [5.74, 6) is 1.36. The molecule has 3 rings (SSSR count). The van der Waals surface area contributed by atoms with E-state index >= 15 is 0 Å². The maximum atomic E-state index is 12.5. The Kier molecular flexibility index (Phi) is 7.91. The SMILES string of the molecule is CCCCCC1CCC(N2CCC(C(=O)Oc3ccc(C#N)cc3)CC2)CC1. The van der Waals surface area contributed by atoms with Gasteiger partial charge in [-0.25, -0.2) is 0 Å². The summed E-state index contributed by atoms with van der Waals surface area (Å²) in [6.45, 7) is 4.30. The van der Waals surface area contributed by atoms with Gasteiger partial charge in [0.2, 0.25) is 0 Å². The topological polar surface area (TPSA) is 53.3 Å². The fourth-order valence-electron chi connectivity index (χ4n) is 4.78. The lowest BCUT2D eigenvalue weighted by molar-refractivity contribution is -0.140. The summed E-state index contributed by atoms with van der Waals surface area (Å²) in [6, 6.07) is 9.56. The molecule has 0 spiro atoms. The van der Waals surface area contributed by atoms with Gasteiger partial charge in [0, 0.05) is 6.04 Å². The molecule has 4 nitrogen and oxygen atoms in total. The number of nitriles is 1. The van der Waals surface area contributed by atoms with Gasteiger partial charge in [0.15, 0.2) is 0 Å². The standard InChI is InChI=1S/C24H34N2O2/c1-2-3-4-5-19-6-10-22(11-7-19)26-16-14-21(15-17-26)24(27)28-23-12-8-20(18-25)9-13-23/h8-9,12-13,19,21-22H,2-7,10-11,14-17H2,1H3. The van der Waals surface area contributed by atoms with Gasteiger partial charge in [0.25, 0.3) is 0 Å². The first-order valence-corrected chi connectivity index (χ1v) is 11.2. The third-order valence-corrected chi connectivity index (χ3v) is 6.61. The first-order valence-electron chi connectivity index (χ1n) is 11.2. The Labute approximate surface area is 169 Å². The Morgan fingerprint density at radius 2 is 1.75 bits per heavy atom. The van der Waals surface area contributed by atoms with E-state index < -0.39 is 0 Å². The number of nitrogens with zero attached hydrogens (tertiary/aromatic N) is 2.